The minimum atomic E-state index is -2.01. The molecule has 94 heavy (non-hydrogen) atoms. The zero-order valence-corrected chi connectivity index (χ0v) is 54.7. The molecule has 20 nitrogen and oxygen atoms in total. The van der Waals surface area contributed by atoms with Crippen LogP contribution < -0.4 is 31.5 Å². The van der Waals surface area contributed by atoms with E-state index in [4.69, 9.17) is 19.2 Å². The third kappa shape index (κ3) is 17.4. The molecule has 1 saturated heterocycles. The van der Waals surface area contributed by atoms with E-state index < -0.39 is 52.9 Å². The van der Waals surface area contributed by atoms with Crippen molar-refractivity contribution in [3.63, 3.8) is 0 Å². The summed E-state index contributed by atoms with van der Waals surface area (Å²) in [4.78, 5) is 77.7. The number of fused-ring (bicyclic) bond motifs is 1. The molecular formula is C72H85FN10O10S. The van der Waals surface area contributed by atoms with Crippen molar-refractivity contribution in [3.05, 3.63) is 143 Å². The molecule has 7 N–H and O–H groups in total. The lowest BCUT2D eigenvalue weighted by Crippen LogP contribution is -2.59. The van der Waals surface area contributed by atoms with Crippen molar-refractivity contribution in [1.29, 1.82) is 5.41 Å². The molecule has 2 saturated carbocycles. The van der Waals surface area contributed by atoms with E-state index in [0.29, 0.717) is 49.2 Å². The van der Waals surface area contributed by atoms with Crippen molar-refractivity contribution >= 4 is 51.9 Å². The number of thiazole rings is 1. The quantitative estimate of drug-likeness (QED) is 0.0180. The Balaban J connectivity index is 0.625. The zero-order chi connectivity index (χ0) is 66.4. The Bertz CT molecular complexity index is 3920. The summed E-state index contributed by atoms with van der Waals surface area (Å²) in [5, 5.41) is 42.6. The molecular weight excluding hydrogens is 1220 g/mol. The summed E-state index contributed by atoms with van der Waals surface area (Å²) in [7, 11) is 0. The number of β-amino-alcohol motifs (C(OH)–C–C–N with tert-alkyl or cyclic N) is 1. The van der Waals surface area contributed by atoms with E-state index in [1.165, 1.54) is 16.2 Å². The van der Waals surface area contributed by atoms with Crippen molar-refractivity contribution in [2.24, 2.45) is 5.41 Å². The largest absolute Gasteiger partial charge is 0.483 e. The van der Waals surface area contributed by atoms with Gasteiger partial charge in [-0.05, 0) is 104 Å². The van der Waals surface area contributed by atoms with Crippen molar-refractivity contribution in [2.75, 3.05) is 52.7 Å². The van der Waals surface area contributed by atoms with Crippen LogP contribution in [-0.4, -0.2) is 146 Å². The van der Waals surface area contributed by atoms with Crippen LogP contribution >= 0.6 is 11.3 Å². The molecule has 3 fully saturated rings. The predicted molar refractivity (Wildman–Crippen MR) is 357 cm³/mol. The highest BCUT2D eigenvalue weighted by Crippen LogP contribution is 2.42. The highest BCUT2D eigenvalue weighted by Gasteiger charge is 2.53. The Morgan fingerprint density at radius 3 is 2.24 bits per heavy atom. The van der Waals surface area contributed by atoms with Gasteiger partial charge in [0.2, 0.25) is 17.7 Å². The number of ether oxygens (including phenoxy) is 3. The molecule has 3 aromatic heterocycles. The second-order valence-corrected chi connectivity index (χ2v) is 26.4. The Labute approximate surface area is 551 Å². The fraction of sp³-hybridized carbons (Fsp3) is 0.444. The van der Waals surface area contributed by atoms with Gasteiger partial charge in [0.1, 0.15) is 29.0 Å². The molecule has 4 heterocycles. The van der Waals surface area contributed by atoms with Crippen molar-refractivity contribution in [3.8, 4) is 50.4 Å². The number of benzene rings is 4. The summed E-state index contributed by atoms with van der Waals surface area (Å²) in [5.74, 6) is 4.50. The molecule has 3 atom stereocenters. The van der Waals surface area contributed by atoms with Crippen LogP contribution in [0.4, 0.5) is 4.39 Å². The summed E-state index contributed by atoms with van der Waals surface area (Å²) in [5.41, 5.74) is 8.18. The van der Waals surface area contributed by atoms with Gasteiger partial charge < -0.3 is 59.7 Å². The molecule has 2 aliphatic carbocycles. The molecule has 5 amide bonds. The second-order valence-electron chi connectivity index (χ2n) is 25.6. The van der Waals surface area contributed by atoms with Gasteiger partial charge in [0.15, 0.2) is 12.3 Å². The predicted octanol–water partition coefficient (Wildman–Crippen LogP) is 8.47. The number of unbranched alkanes of at least 4 members (excludes halogenated alkanes) is 2. The Kier molecular flexibility index (Phi) is 22.9. The molecule has 22 heteroatoms. The topological polar surface area (TPSA) is 264 Å². The van der Waals surface area contributed by atoms with Gasteiger partial charge in [0, 0.05) is 74.7 Å². The molecule has 4 aromatic carbocycles. The maximum atomic E-state index is 14.7. The summed E-state index contributed by atoms with van der Waals surface area (Å²) in [6.45, 7) is 8.76. The molecule has 3 aliphatic rings. The third-order valence-electron chi connectivity index (χ3n) is 17.4. The molecule has 1 aliphatic heterocycles. The Morgan fingerprint density at radius 1 is 0.809 bits per heavy atom. The lowest BCUT2D eigenvalue weighted by atomic mass is 9.85. The van der Waals surface area contributed by atoms with Crippen LogP contribution in [-0.2, 0) is 46.5 Å². The van der Waals surface area contributed by atoms with Crippen LogP contribution in [0.5, 0.6) is 5.75 Å². The SMILES string of the molecule is Cc1ncsc1-c1ccc(CNC(=O)[C@@H]2C[C@@H](O)CN2C(=O)[C@@H](NC(=O)C2(F)CC2)C(C)(C)C)c(OCC(=O)NCCOCCOCCC(=O)NCCCCC#Cc2cccc(Cn3c(-c4ccccc4)c(-c4ccccc4)c4c(=N)n(C5CCC(O)CC5)cnc43)c2)c1. The number of hydrogen-bond donors (Lipinski definition) is 7. The molecule has 7 aromatic rings. The number of aryl methyl sites for hydroxylation is 1. The van der Waals surface area contributed by atoms with Gasteiger partial charge >= 0.3 is 0 Å². The molecule has 0 unspecified atom stereocenters. The first-order valence-corrected chi connectivity index (χ1v) is 33.4. The second kappa shape index (κ2) is 31.6. The van der Waals surface area contributed by atoms with E-state index in [9.17, 15) is 44.0 Å². The summed E-state index contributed by atoms with van der Waals surface area (Å²) in [6.07, 6.45) is 6.10. The molecule has 496 valence electrons. The molecule has 0 spiro atoms. The minimum absolute atomic E-state index is 0.0339. The highest BCUT2D eigenvalue weighted by molar-refractivity contribution is 7.13. The van der Waals surface area contributed by atoms with Crippen LogP contribution in [0.2, 0.25) is 0 Å². The number of aliphatic hydroxyl groups is 2. The fourth-order valence-corrected chi connectivity index (χ4v) is 12.9. The molecule has 0 radical (unpaired) electrons. The van der Waals surface area contributed by atoms with Gasteiger partial charge in [0.05, 0.1) is 72.1 Å². The van der Waals surface area contributed by atoms with Gasteiger partial charge in [-0.1, -0.05) is 118 Å². The first-order valence-electron chi connectivity index (χ1n) is 32.5. The van der Waals surface area contributed by atoms with Crippen LogP contribution in [0.25, 0.3) is 43.9 Å². The number of carbonyl (C=O) groups excluding carboxylic acids is 5. The van der Waals surface area contributed by atoms with E-state index >= 15 is 0 Å². The van der Waals surface area contributed by atoms with E-state index in [1.807, 2.05) is 72.4 Å². The lowest BCUT2D eigenvalue weighted by molar-refractivity contribution is -0.145. The zero-order valence-electron chi connectivity index (χ0n) is 53.9. The standard InChI is InChI=1S/C72H85FN10O10S/c1-47-64(94-46-79-47)52-23-24-53(41-77-68(88)57-40-56(85)43-81(57)69(89)65(71(2,3)4)80-70(90)72(73)30-31-72)58(39-52)93-44-60(87)76-33-35-92-37-36-91-34-29-59(86)75-32-14-6-5-9-16-48-17-15-18-49(38-48)42-82-63(51-21-12-8-13-22-51)61(50-19-10-7-11-20-50)62-66(74)83(45-78-67(62)82)54-25-27-55(84)28-26-54/h7-8,10-13,15,17-24,38-39,45-46,54-57,65,74,84-85H,5-6,14,25-37,40-44H2,1-4H3,(H,75,86)(H,76,87)(H,77,88)(H,80,90)/t54?,55?,56-,57+,65-/m1/s1. The maximum absolute atomic E-state index is 14.7. The van der Waals surface area contributed by atoms with Gasteiger partial charge in [0.25, 0.3) is 11.8 Å². The summed E-state index contributed by atoms with van der Waals surface area (Å²) < 4.78 is 36.3. The summed E-state index contributed by atoms with van der Waals surface area (Å²) in [6, 6.07) is 32.1. The lowest BCUT2D eigenvalue weighted by Gasteiger charge is -2.35. The summed E-state index contributed by atoms with van der Waals surface area (Å²) >= 11 is 1.45. The number of nitrogens with zero attached hydrogens (tertiary/aromatic N) is 5. The average molecular weight is 1300 g/mol. The highest BCUT2D eigenvalue weighted by atomic mass is 32.1. The van der Waals surface area contributed by atoms with Crippen molar-refractivity contribution < 1.29 is 52.8 Å². The van der Waals surface area contributed by atoms with Gasteiger partial charge in [-0.15, -0.1) is 11.3 Å². The van der Waals surface area contributed by atoms with Crippen LogP contribution in [0.15, 0.2) is 115 Å². The number of alkyl halides is 1. The first-order chi connectivity index (χ1) is 45.3. The van der Waals surface area contributed by atoms with Gasteiger partial charge in [-0.2, -0.15) is 0 Å². The van der Waals surface area contributed by atoms with Crippen LogP contribution in [0.3, 0.4) is 0 Å². The maximum Gasteiger partial charge on any atom is 0.258 e. The number of nitrogens with one attached hydrogen (secondary N) is 5. The smallest absolute Gasteiger partial charge is 0.258 e. The van der Waals surface area contributed by atoms with Gasteiger partial charge in [-0.25, -0.2) is 14.4 Å². The average Bonchev–Trinajstić information content (AvgIpc) is 1.57. The number of aliphatic hydroxyl groups excluding tert-OH is 2. The normalized spacial score (nSPS) is 17.8. The van der Waals surface area contributed by atoms with Gasteiger partial charge in [-0.3, -0.25) is 29.4 Å². The molecule has 0 bridgehead atoms. The van der Waals surface area contributed by atoms with Crippen molar-refractivity contribution in [2.45, 2.75) is 147 Å². The van der Waals surface area contributed by atoms with E-state index in [1.54, 1.807) is 38.4 Å². The minimum Gasteiger partial charge on any atom is -0.483 e. The van der Waals surface area contributed by atoms with E-state index in [0.717, 1.165) is 86.4 Å². The number of carbonyl (C=O) groups is 5. The number of aromatic nitrogens is 4. The number of rotatable bonds is 28. The Morgan fingerprint density at radius 2 is 1.53 bits per heavy atom. The number of hydrogen-bond acceptors (Lipinski definition) is 14. The molecule has 10 rings (SSSR count). The van der Waals surface area contributed by atoms with E-state index in [2.05, 4.69) is 79.1 Å². The van der Waals surface area contributed by atoms with Crippen molar-refractivity contribution in [1.82, 2.24) is 45.3 Å². The van der Waals surface area contributed by atoms with E-state index in [-0.39, 0.29) is 96.4 Å². The number of likely N-dealkylation sites (tertiary alicyclic amines) is 1. The number of amides is 5. The first kappa shape index (κ1) is 68.3. The van der Waals surface area contributed by atoms with Crippen LogP contribution in [0.1, 0.15) is 120 Å². The third-order valence-corrected chi connectivity index (χ3v) is 18.4. The number of halogens is 1. The fourth-order valence-electron chi connectivity index (χ4n) is 12.1. The Hall–Kier alpha value is -8.59. The monoisotopic (exact) mass is 1300 g/mol. The van der Waals surface area contributed by atoms with Crippen LogP contribution in [0, 0.1) is 29.6 Å².